The number of unbranched alkanes of at least 4 members (excludes halogenated alkanes) is 9. The molecule has 174 valence electrons. The number of hydrogen-bond donors (Lipinski definition) is 2. The van der Waals surface area contributed by atoms with Gasteiger partial charge in [-0.2, -0.15) is 0 Å². The highest BCUT2D eigenvalue weighted by molar-refractivity contribution is 7.50. The lowest BCUT2D eigenvalue weighted by Crippen LogP contribution is -2.46. The Morgan fingerprint density at radius 2 is 1.41 bits per heavy atom. The van der Waals surface area contributed by atoms with Crippen LogP contribution in [0.2, 0.25) is 0 Å². The van der Waals surface area contributed by atoms with E-state index in [1.807, 2.05) is 0 Å². The van der Waals surface area contributed by atoms with Crippen molar-refractivity contribution in [2.24, 2.45) is 0 Å². The van der Waals surface area contributed by atoms with Crippen LogP contribution >= 0.6 is 7.60 Å². The summed E-state index contributed by atoms with van der Waals surface area (Å²) in [5.41, 5.74) is 0. The highest BCUT2D eigenvalue weighted by Crippen LogP contribution is 2.31. The molecule has 0 rings (SSSR count). The number of carbonyl (C=O) groups is 3. The molecule has 29 heavy (non-hydrogen) atoms. The zero-order valence-corrected chi connectivity index (χ0v) is 19.1. The van der Waals surface area contributed by atoms with E-state index in [2.05, 4.69) is 10.6 Å². The monoisotopic (exact) mass is 437 g/mol. The molecule has 2 amide bonds. The largest absolute Gasteiger partial charge is 0.779 e. The molecule has 0 aromatic heterocycles. The Bertz CT molecular complexity index is 546. The van der Waals surface area contributed by atoms with Gasteiger partial charge in [0.2, 0.25) is 0 Å². The minimum atomic E-state index is -3.57. The lowest BCUT2D eigenvalue weighted by molar-refractivity contribution is -0.196. The second-order valence-corrected chi connectivity index (χ2v) is 9.41. The molecule has 2 unspecified atom stereocenters. The smallest absolute Gasteiger partial charge is 0.315 e. The summed E-state index contributed by atoms with van der Waals surface area (Å²) < 4.78 is 15.5. The summed E-state index contributed by atoms with van der Waals surface area (Å²) in [6.07, 6.45) is 10.6. The first kappa shape index (κ1) is 27.8. The van der Waals surface area contributed by atoms with Crippen molar-refractivity contribution < 1.29 is 31.2 Å². The van der Waals surface area contributed by atoms with E-state index < -0.39 is 19.7 Å². The maximum atomic E-state index is 11.8. The molecule has 0 aliphatic heterocycles. The van der Waals surface area contributed by atoms with E-state index >= 15 is 0 Å². The summed E-state index contributed by atoms with van der Waals surface area (Å²) >= 11 is 0. The van der Waals surface area contributed by atoms with Crippen molar-refractivity contribution in [3.63, 3.8) is 0 Å². The topological polar surface area (TPSA) is 125 Å². The standard InChI is InChI=1S/C20H39N2O6P.2H2/c1-17(23)16-19(18(2)24)22-20(25)21-14-12-10-8-6-4-5-7-9-11-13-15-28-29(3,26)27;;/h19H,4-16H2,1-3H3,(H,26,27)(H2,21,22,25);2*1H/p-1. The van der Waals surface area contributed by atoms with Gasteiger partial charge >= 0.3 is 6.03 Å². The van der Waals surface area contributed by atoms with Crippen molar-refractivity contribution in [3.05, 3.63) is 0 Å². The van der Waals surface area contributed by atoms with Gasteiger partial charge in [0.1, 0.15) is 13.4 Å². The molecule has 2 atom stereocenters. The number of urea groups is 1. The maximum Gasteiger partial charge on any atom is 0.315 e. The van der Waals surface area contributed by atoms with E-state index in [0.717, 1.165) is 58.0 Å². The normalized spacial score (nSPS) is 14.1. The zero-order valence-electron chi connectivity index (χ0n) is 18.2. The fraction of sp³-hybridized carbons (Fsp3) is 0.850. The quantitative estimate of drug-likeness (QED) is 0.248. The molecule has 0 aromatic rings. The highest BCUT2D eigenvalue weighted by Gasteiger charge is 2.18. The van der Waals surface area contributed by atoms with Gasteiger partial charge in [-0.25, -0.2) is 4.79 Å². The summed E-state index contributed by atoms with van der Waals surface area (Å²) in [5, 5.41) is 5.27. The second-order valence-electron chi connectivity index (χ2n) is 7.61. The summed E-state index contributed by atoms with van der Waals surface area (Å²) in [6, 6.07) is -1.16. The predicted molar refractivity (Wildman–Crippen MR) is 116 cm³/mol. The number of nitrogens with one attached hydrogen (secondary N) is 2. The van der Waals surface area contributed by atoms with Crippen LogP contribution in [0.4, 0.5) is 4.79 Å². The Hall–Kier alpha value is -1.24. The fourth-order valence-electron chi connectivity index (χ4n) is 2.87. The van der Waals surface area contributed by atoms with Crippen molar-refractivity contribution in [2.45, 2.75) is 90.5 Å². The average Bonchev–Trinajstić information content (AvgIpc) is 2.60. The van der Waals surface area contributed by atoms with Crippen LogP contribution in [0.5, 0.6) is 0 Å². The minimum absolute atomic E-state index is 0. The van der Waals surface area contributed by atoms with Crippen LogP contribution in [-0.4, -0.2) is 43.5 Å². The Kier molecular flexibility index (Phi) is 15.8. The molecule has 0 aliphatic rings. The van der Waals surface area contributed by atoms with Crippen LogP contribution in [0.15, 0.2) is 0 Å². The molecule has 0 aliphatic carbocycles. The molecule has 0 heterocycles. The first-order valence-electron chi connectivity index (χ1n) is 10.6. The average molecular weight is 438 g/mol. The Balaban J connectivity index is -0.00000392. The van der Waals surface area contributed by atoms with Gasteiger partial charge in [0.25, 0.3) is 0 Å². The summed E-state index contributed by atoms with van der Waals surface area (Å²) in [6.45, 7) is 4.69. The SMILES string of the molecule is CC(=O)CC(NC(=O)NCCCCCCCCCCCCOP(C)(=O)[O-])C(C)=O.[HH].[HH]. The molecule has 8 nitrogen and oxygen atoms in total. The molecule has 0 fully saturated rings. The Labute approximate surface area is 178 Å². The van der Waals surface area contributed by atoms with Gasteiger partial charge in [-0.1, -0.05) is 51.4 Å². The van der Waals surface area contributed by atoms with Crippen molar-refractivity contribution >= 4 is 25.2 Å². The third-order valence-corrected chi connectivity index (χ3v) is 5.12. The van der Waals surface area contributed by atoms with Gasteiger partial charge in [-0.05, 0) is 26.7 Å². The first-order chi connectivity index (χ1) is 13.6. The molecular weight excluding hydrogens is 395 g/mol. The molecule has 0 saturated carbocycles. The third-order valence-electron chi connectivity index (χ3n) is 4.47. The lowest BCUT2D eigenvalue weighted by Gasteiger charge is -2.17. The molecule has 9 heteroatoms. The lowest BCUT2D eigenvalue weighted by atomic mass is 10.1. The highest BCUT2D eigenvalue weighted by atomic mass is 31.2. The second kappa shape index (κ2) is 16.5. The maximum absolute atomic E-state index is 11.8. The molecule has 0 aromatic carbocycles. The van der Waals surface area contributed by atoms with Gasteiger partial charge in [-0.15, -0.1) is 0 Å². The third kappa shape index (κ3) is 19.8. The Morgan fingerprint density at radius 1 is 0.931 bits per heavy atom. The molecule has 0 spiro atoms. The van der Waals surface area contributed by atoms with Gasteiger partial charge in [-0.3, -0.25) is 9.59 Å². The van der Waals surface area contributed by atoms with Crippen LogP contribution in [0.3, 0.4) is 0 Å². The van der Waals surface area contributed by atoms with E-state index in [1.165, 1.54) is 26.7 Å². The van der Waals surface area contributed by atoms with Crippen LogP contribution in [-0.2, 0) is 18.7 Å². The first-order valence-corrected chi connectivity index (χ1v) is 12.6. The van der Waals surface area contributed by atoms with Crippen molar-refractivity contribution in [3.8, 4) is 0 Å². The molecule has 2 N–H and O–H groups in total. The summed E-state index contributed by atoms with van der Waals surface area (Å²) in [5.74, 6) is -0.357. The number of amides is 2. The van der Waals surface area contributed by atoms with Crippen LogP contribution in [0.25, 0.3) is 0 Å². The molecule has 0 radical (unpaired) electrons. The van der Waals surface area contributed by atoms with E-state index in [4.69, 9.17) is 4.52 Å². The fourth-order valence-corrected chi connectivity index (χ4v) is 3.33. The van der Waals surface area contributed by atoms with Crippen LogP contribution in [0.1, 0.15) is 87.3 Å². The van der Waals surface area contributed by atoms with E-state index in [1.54, 1.807) is 0 Å². The van der Waals surface area contributed by atoms with Crippen LogP contribution < -0.4 is 15.5 Å². The number of carbonyl (C=O) groups excluding carboxylic acids is 3. The van der Waals surface area contributed by atoms with Gasteiger partial charge < -0.3 is 24.6 Å². The van der Waals surface area contributed by atoms with Crippen molar-refractivity contribution in [1.82, 2.24) is 10.6 Å². The van der Waals surface area contributed by atoms with Crippen molar-refractivity contribution in [1.29, 1.82) is 0 Å². The Morgan fingerprint density at radius 3 is 1.86 bits per heavy atom. The number of rotatable bonds is 18. The summed E-state index contributed by atoms with van der Waals surface area (Å²) in [4.78, 5) is 45.1. The van der Waals surface area contributed by atoms with Crippen LogP contribution in [0, 0.1) is 0 Å². The molecule has 0 bridgehead atoms. The van der Waals surface area contributed by atoms with Gasteiger partial charge in [0, 0.05) is 22.5 Å². The summed E-state index contributed by atoms with van der Waals surface area (Å²) in [7, 11) is -3.57. The number of hydrogen-bond acceptors (Lipinski definition) is 6. The van der Waals surface area contributed by atoms with E-state index in [0.29, 0.717) is 6.54 Å². The number of ketones is 2. The zero-order chi connectivity index (χ0) is 22.1. The molecule has 0 saturated heterocycles. The van der Waals surface area contributed by atoms with Gasteiger partial charge in [0.15, 0.2) is 5.78 Å². The van der Waals surface area contributed by atoms with Crippen molar-refractivity contribution in [2.75, 3.05) is 19.8 Å². The number of Topliss-reactive ketones (excluding diaryl/α,β-unsaturated/α-hetero) is 2. The minimum Gasteiger partial charge on any atom is -0.779 e. The predicted octanol–water partition coefficient (Wildman–Crippen LogP) is 3.82. The van der Waals surface area contributed by atoms with E-state index in [-0.39, 0.29) is 27.4 Å². The molecular formula is C20H42N2O6P-. The van der Waals surface area contributed by atoms with Gasteiger partial charge in [0.05, 0.1) is 12.6 Å². The van der Waals surface area contributed by atoms with E-state index in [9.17, 15) is 23.8 Å².